The number of amides is 2. The van der Waals surface area contributed by atoms with Gasteiger partial charge in [-0.25, -0.2) is 18.4 Å². The molecule has 0 atom stereocenters. The highest BCUT2D eigenvalue weighted by Gasteiger charge is 2.16. The highest BCUT2D eigenvalue weighted by atomic mass is 35.5. The number of carboxylic acids is 2. The molecule has 2 rings (SSSR count). The SMILES string of the molecule is CC(=O)NCc1c(F)ccc(C(=O)O)c1Cl.CC(=O)NCc1cc(C(=O)O)c(Cl)cc1F. The number of hydrogen-bond donors (Lipinski definition) is 4. The van der Waals surface area contributed by atoms with Gasteiger partial charge in [-0.15, -0.1) is 0 Å². The molecule has 0 radical (unpaired) electrons. The molecule has 2 aromatic rings. The van der Waals surface area contributed by atoms with Crippen LogP contribution in [-0.4, -0.2) is 34.0 Å². The highest BCUT2D eigenvalue weighted by molar-refractivity contribution is 6.34. The van der Waals surface area contributed by atoms with Gasteiger partial charge in [0.15, 0.2) is 0 Å². The zero-order valence-corrected chi connectivity index (χ0v) is 18.3. The largest absolute Gasteiger partial charge is 0.478 e. The zero-order valence-electron chi connectivity index (χ0n) is 16.8. The monoisotopic (exact) mass is 490 g/mol. The Kier molecular flexibility index (Phi) is 10.0. The number of carbonyl (C=O) groups excluding carboxylic acids is 2. The summed E-state index contributed by atoms with van der Waals surface area (Å²) >= 11 is 11.3. The number of carbonyl (C=O) groups is 4. The molecule has 0 aromatic heterocycles. The second-order valence-electron chi connectivity index (χ2n) is 6.24. The predicted molar refractivity (Wildman–Crippen MR) is 112 cm³/mol. The van der Waals surface area contributed by atoms with Gasteiger partial charge in [0, 0.05) is 38.1 Å². The lowest BCUT2D eigenvalue weighted by molar-refractivity contribution is -0.120. The quantitative estimate of drug-likeness (QED) is 0.488. The number of carboxylic acid groups (broad SMARTS) is 2. The number of aromatic carboxylic acids is 2. The van der Waals surface area contributed by atoms with Crippen LogP contribution in [0.25, 0.3) is 0 Å². The van der Waals surface area contributed by atoms with E-state index in [1.165, 1.54) is 13.8 Å². The van der Waals surface area contributed by atoms with Gasteiger partial charge in [-0.1, -0.05) is 23.2 Å². The molecule has 0 unspecified atom stereocenters. The van der Waals surface area contributed by atoms with Crippen molar-refractivity contribution in [2.24, 2.45) is 0 Å². The van der Waals surface area contributed by atoms with Crippen LogP contribution in [0.4, 0.5) is 8.78 Å². The van der Waals surface area contributed by atoms with Crippen LogP contribution in [0.3, 0.4) is 0 Å². The first-order valence-corrected chi connectivity index (χ1v) is 9.51. The van der Waals surface area contributed by atoms with E-state index in [1.54, 1.807) is 0 Å². The van der Waals surface area contributed by atoms with Gasteiger partial charge in [-0.2, -0.15) is 0 Å². The number of nitrogens with one attached hydrogen (secondary N) is 2. The molecule has 0 fully saturated rings. The minimum Gasteiger partial charge on any atom is -0.478 e. The third-order valence-electron chi connectivity index (χ3n) is 3.82. The van der Waals surface area contributed by atoms with Gasteiger partial charge in [0.05, 0.1) is 21.2 Å². The first-order valence-electron chi connectivity index (χ1n) is 8.75. The second kappa shape index (κ2) is 12.0. The van der Waals surface area contributed by atoms with Gasteiger partial charge in [0.2, 0.25) is 11.8 Å². The Balaban J connectivity index is 0.000000320. The van der Waals surface area contributed by atoms with Crippen LogP contribution in [0, 0.1) is 11.6 Å². The molecule has 0 aliphatic rings. The lowest BCUT2D eigenvalue weighted by atomic mass is 10.1. The summed E-state index contributed by atoms with van der Waals surface area (Å²) in [5, 5.41) is 21.9. The van der Waals surface area contributed by atoms with Gasteiger partial charge in [0.1, 0.15) is 11.6 Å². The molecule has 0 aliphatic carbocycles. The molecule has 32 heavy (non-hydrogen) atoms. The summed E-state index contributed by atoms with van der Waals surface area (Å²) in [6, 6.07) is 4.11. The second-order valence-corrected chi connectivity index (χ2v) is 7.03. The molecule has 8 nitrogen and oxygen atoms in total. The summed E-state index contributed by atoms with van der Waals surface area (Å²) < 4.78 is 26.6. The predicted octanol–water partition coefficient (Wildman–Crippen LogP) is 3.63. The minimum absolute atomic E-state index is 0.0308. The summed E-state index contributed by atoms with van der Waals surface area (Å²) in [5.41, 5.74) is -0.333. The minimum atomic E-state index is -1.24. The molecule has 0 spiro atoms. The normalized spacial score (nSPS) is 9.94. The van der Waals surface area contributed by atoms with Crippen molar-refractivity contribution in [2.75, 3.05) is 0 Å². The summed E-state index contributed by atoms with van der Waals surface area (Å²) in [7, 11) is 0. The maximum atomic E-state index is 13.3. The Morgan fingerprint density at radius 2 is 1.38 bits per heavy atom. The van der Waals surface area contributed by atoms with Crippen LogP contribution in [-0.2, 0) is 22.7 Å². The standard InChI is InChI=1S/2C10H9ClFNO3/c1-5(14)13-4-6-2-7(10(15)16)8(11)3-9(6)12;1-5(14)13-4-7-8(12)3-2-6(9(7)11)10(15)16/h2*2-3H,4H2,1H3,(H,13,14)(H,15,16). The lowest BCUT2D eigenvalue weighted by Crippen LogP contribution is -2.20. The summed E-state index contributed by atoms with van der Waals surface area (Å²) in [6.07, 6.45) is 0. The van der Waals surface area contributed by atoms with Crippen LogP contribution in [0.15, 0.2) is 24.3 Å². The van der Waals surface area contributed by atoms with E-state index in [9.17, 15) is 28.0 Å². The molecule has 2 amide bonds. The maximum absolute atomic E-state index is 13.3. The van der Waals surface area contributed by atoms with E-state index >= 15 is 0 Å². The van der Waals surface area contributed by atoms with Gasteiger partial charge in [-0.05, 0) is 24.3 Å². The van der Waals surface area contributed by atoms with E-state index in [-0.39, 0.29) is 57.2 Å². The Labute approximate surface area is 191 Å². The first kappa shape index (κ1) is 26.8. The van der Waals surface area contributed by atoms with Crippen molar-refractivity contribution in [2.45, 2.75) is 26.9 Å². The van der Waals surface area contributed by atoms with Crippen LogP contribution in [0.5, 0.6) is 0 Å². The van der Waals surface area contributed by atoms with E-state index in [1.807, 2.05) is 0 Å². The zero-order chi connectivity index (χ0) is 24.6. The number of benzene rings is 2. The summed E-state index contributed by atoms with van der Waals surface area (Å²) in [5.74, 6) is -4.46. The van der Waals surface area contributed by atoms with Crippen molar-refractivity contribution in [3.05, 3.63) is 68.2 Å². The molecule has 0 saturated heterocycles. The van der Waals surface area contributed by atoms with Gasteiger partial charge in [0.25, 0.3) is 0 Å². The van der Waals surface area contributed by atoms with Crippen molar-refractivity contribution in [1.82, 2.24) is 10.6 Å². The number of rotatable bonds is 6. The van der Waals surface area contributed by atoms with Crippen molar-refractivity contribution in [1.29, 1.82) is 0 Å². The molecule has 0 bridgehead atoms. The topological polar surface area (TPSA) is 133 Å². The van der Waals surface area contributed by atoms with Crippen LogP contribution in [0.1, 0.15) is 45.7 Å². The molecule has 172 valence electrons. The Morgan fingerprint density at radius 1 is 0.844 bits per heavy atom. The fourth-order valence-corrected chi connectivity index (χ4v) is 2.78. The third kappa shape index (κ3) is 7.78. The molecule has 0 saturated carbocycles. The molecule has 4 N–H and O–H groups in total. The molecule has 12 heteroatoms. The van der Waals surface area contributed by atoms with Crippen molar-refractivity contribution < 1.29 is 38.2 Å². The number of halogens is 4. The maximum Gasteiger partial charge on any atom is 0.337 e. The van der Waals surface area contributed by atoms with Crippen LogP contribution < -0.4 is 10.6 Å². The Hall–Kier alpha value is -3.24. The molecule has 0 aliphatic heterocycles. The molecular weight excluding hydrogens is 473 g/mol. The van der Waals surface area contributed by atoms with Crippen molar-refractivity contribution >= 4 is 47.0 Å². The van der Waals surface area contributed by atoms with Gasteiger partial charge < -0.3 is 20.8 Å². The molecule has 2 aromatic carbocycles. The Bertz CT molecular complexity index is 1050. The molecule has 0 heterocycles. The van der Waals surface area contributed by atoms with E-state index in [0.717, 1.165) is 24.3 Å². The summed E-state index contributed by atoms with van der Waals surface area (Å²) in [6.45, 7) is 2.35. The smallest absolute Gasteiger partial charge is 0.337 e. The first-order chi connectivity index (χ1) is 14.8. The van der Waals surface area contributed by atoms with Crippen LogP contribution in [0.2, 0.25) is 10.0 Å². The van der Waals surface area contributed by atoms with E-state index in [4.69, 9.17) is 33.4 Å². The fourth-order valence-electron chi connectivity index (χ4n) is 2.25. The average Bonchev–Trinajstić information content (AvgIpc) is 2.66. The van der Waals surface area contributed by atoms with Gasteiger partial charge in [-0.3, -0.25) is 9.59 Å². The van der Waals surface area contributed by atoms with Crippen molar-refractivity contribution in [3.63, 3.8) is 0 Å². The lowest BCUT2D eigenvalue weighted by Gasteiger charge is -2.08. The van der Waals surface area contributed by atoms with Crippen molar-refractivity contribution in [3.8, 4) is 0 Å². The summed E-state index contributed by atoms with van der Waals surface area (Å²) in [4.78, 5) is 42.8. The van der Waals surface area contributed by atoms with Crippen LogP contribution >= 0.6 is 23.2 Å². The van der Waals surface area contributed by atoms with Gasteiger partial charge >= 0.3 is 11.9 Å². The average molecular weight is 491 g/mol. The van der Waals surface area contributed by atoms with E-state index in [0.29, 0.717) is 0 Å². The highest BCUT2D eigenvalue weighted by Crippen LogP contribution is 2.24. The Morgan fingerprint density at radius 3 is 1.88 bits per heavy atom. The molecular formula is C20H18Cl2F2N2O6. The third-order valence-corrected chi connectivity index (χ3v) is 4.57. The van der Waals surface area contributed by atoms with E-state index < -0.39 is 23.6 Å². The number of hydrogen-bond acceptors (Lipinski definition) is 4. The van der Waals surface area contributed by atoms with E-state index in [2.05, 4.69) is 10.6 Å². The fraction of sp³-hybridized carbons (Fsp3) is 0.200.